The zero-order valence-electron chi connectivity index (χ0n) is 11.9. The fourth-order valence-corrected chi connectivity index (χ4v) is 3.31. The Morgan fingerprint density at radius 2 is 1.95 bits per heavy atom. The van der Waals surface area contributed by atoms with Gasteiger partial charge in [0.2, 0.25) is 0 Å². The molecule has 0 spiro atoms. The van der Waals surface area contributed by atoms with E-state index in [-0.39, 0.29) is 0 Å². The van der Waals surface area contributed by atoms with Gasteiger partial charge in [0.1, 0.15) is 0 Å². The molecule has 3 heteroatoms. The monoisotopic (exact) mass is 281 g/mol. The highest BCUT2D eigenvalue weighted by Gasteiger charge is 2.38. The molecule has 1 aliphatic rings. The molecule has 0 bridgehead atoms. The van der Waals surface area contributed by atoms with Crippen LogP contribution in [0.2, 0.25) is 5.02 Å². The van der Waals surface area contributed by atoms with Gasteiger partial charge in [-0.05, 0) is 44.6 Å². The summed E-state index contributed by atoms with van der Waals surface area (Å²) in [7, 11) is 4.16. The van der Waals surface area contributed by atoms with Crippen LogP contribution in [0.3, 0.4) is 0 Å². The zero-order valence-corrected chi connectivity index (χ0v) is 12.7. The third kappa shape index (κ3) is 3.95. The smallest absolute Gasteiger partial charge is 0.0728 e. The first-order valence-corrected chi connectivity index (χ1v) is 7.49. The summed E-state index contributed by atoms with van der Waals surface area (Å²) < 4.78 is 0. The molecule has 1 aliphatic carbocycles. The summed E-state index contributed by atoms with van der Waals surface area (Å²) in [6, 6.07) is 7.87. The Labute approximate surface area is 121 Å². The standard InChI is InChI=1S/C16H24ClNO/c1-18(2)12-14-5-3-4-10-16(14,19)11-13-6-8-15(17)9-7-13/h6-9,14,19H,3-5,10-12H2,1-2H3. The zero-order chi connectivity index (χ0) is 13.9. The summed E-state index contributed by atoms with van der Waals surface area (Å²) in [5, 5.41) is 11.8. The van der Waals surface area contributed by atoms with E-state index in [1.165, 1.54) is 12.0 Å². The molecule has 2 rings (SSSR count). The Morgan fingerprint density at radius 3 is 2.58 bits per heavy atom. The maximum absolute atomic E-state index is 11.0. The summed E-state index contributed by atoms with van der Waals surface area (Å²) in [6.45, 7) is 0.962. The van der Waals surface area contributed by atoms with Crippen molar-refractivity contribution in [3.8, 4) is 0 Å². The molecule has 1 N–H and O–H groups in total. The Morgan fingerprint density at radius 1 is 1.26 bits per heavy atom. The first kappa shape index (κ1) is 14.8. The summed E-state index contributed by atoms with van der Waals surface area (Å²) in [5.74, 6) is 0.368. The van der Waals surface area contributed by atoms with Crippen LogP contribution in [0.4, 0.5) is 0 Å². The quantitative estimate of drug-likeness (QED) is 0.915. The largest absolute Gasteiger partial charge is 0.389 e. The lowest BCUT2D eigenvalue weighted by Gasteiger charge is -2.41. The Hall–Kier alpha value is -0.570. The average molecular weight is 282 g/mol. The minimum absolute atomic E-state index is 0.368. The van der Waals surface area contributed by atoms with Crippen molar-refractivity contribution in [2.45, 2.75) is 37.7 Å². The summed E-state index contributed by atoms with van der Waals surface area (Å²) >= 11 is 5.92. The Kier molecular flexibility index (Phi) is 4.88. The second-order valence-electron chi connectivity index (χ2n) is 6.11. The number of rotatable bonds is 4. The highest BCUT2D eigenvalue weighted by Crippen LogP contribution is 2.36. The van der Waals surface area contributed by atoms with Gasteiger partial charge in [0.25, 0.3) is 0 Å². The van der Waals surface area contributed by atoms with Crippen molar-refractivity contribution < 1.29 is 5.11 Å². The fraction of sp³-hybridized carbons (Fsp3) is 0.625. The molecule has 1 aromatic rings. The predicted molar refractivity (Wildman–Crippen MR) is 80.6 cm³/mol. The summed E-state index contributed by atoms with van der Waals surface area (Å²) in [6.07, 6.45) is 5.15. The SMILES string of the molecule is CN(C)CC1CCCCC1(O)Cc1ccc(Cl)cc1. The van der Waals surface area contributed by atoms with Crippen LogP contribution in [0.1, 0.15) is 31.2 Å². The second kappa shape index (κ2) is 6.25. The molecule has 106 valence electrons. The molecule has 1 fully saturated rings. The highest BCUT2D eigenvalue weighted by molar-refractivity contribution is 6.30. The van der Waals surface area contributed by atoms with Gasteiger partial charge in [0.15, 0.2) is 0 Å². The number of aliphatic hydroxyl groups is 1. The maximum Gasteiger partial charge on any atom is 0.0728 e. The van der Waals surface area contributed by atoms with Crippen LogP contribution in [-0.2, 0) is 6.42 Å². The lowest BCUT2D eigenvalue weighted by Crippen LogP contribution is -2.46. The minimum atomic E-state index is -0.559. The van der Waals surface area contributed by atoms with E-state index in [2.05, 4.69) is 19.0 Å². The number of hydrogen-bond acceptors (Lipinski definition) is 2. The number of nitrogens with zero attached hydrogens (tertiary/aromatic N) is 1. The van der Waals surface area contributed by atoms with E-state index < -0.39 is 5.60 Å². The summed E-state index contributed by atoms with van der Waals surface area (Å²) in [5.41, 5.74) is 0.619. The van der Waals surface area contributed by atoms with Gasteiger partial charge >= 0.3 is 0 Å². The van der Waals surface area contributed by atoms with Gasteiger partial charge in [-0.25, -0.2) is 0 Å². The van der Waals surface area contributed by atoms with Crippen molar-refractivity contribution in [2.24, 2.45) is 5.92 Å². The third-order valence-corrected chi connectivity index (χ3v) is 4.43. The van der Waals surface area contributed by atoms with Crippen LogP contribution in [0.15, 0.2) is 24.3 Å². The molecule has 0 amide bonds. The molecule has 0 heterocycles. The Bertz CT molecular complexity index is 404. The minimum Gasteiger partial charge on any atom is -0.389 e. The Balaban J connectivity index is 2.11. The first-order valence-electron chi connectivity index (χ1n) is 7.11. The van der Waals surface area contributed by atoms with Crippen molar-refractivity contribution in [1.82, 2.24) is 4.90 Å². The number of hydrogen-bond donors (Lipinski definition) is 1. The normalized spacial score (nSPS) is 27.7. The van der Waals surface area contributed by atoms with E-state index >= 15 is 0 Å². The van der Waals surface area contributed by atoms with Gasteiger partial charge in [0.05, 0.1) is 5.60 Å². The van der Waals surface area contributed by atoms with Gasteiger partial charge < -0.3 is 10.0 Å². The van der Waals surface area contributed by atoms with Crippen LogP contribution >= 0.6 is 11.6 Å². The molecule has 0 aliphatic heterocycles. The van der Waals surface area contributed by atoms with E-state index in [1.807, 2.05) is 24.3 Å². The van der Waals surface area contributed by atoms with E-state index in [9.17, 15) is 5.11 Å². The third-order valence-electron chi connectivity index (χ3n) is 4.18. The van der Waals surface area contributed by atoms with Crippen LogP contribution < -0.4 is 0 Å². The molecule has 2 atom stereocenters. The summed E-state index contributed by atoms with van der Waals surface area (Å²) in [4.78, 5) is 2.18. The molecular formula is C16H24ClNO. The van der Waals surface area contributed by atoms with Gasteiger partial charge in [-0.1, -0.05) is 36.6 Å². The van der Waals surface area contributed by atoms with E-state index in [4.69, 9.17) is 11.6 Å². The van der Waals surface area contributed by atoms with Crippen molar-refractivity contribution in [3.63, 3.8) is 0 Å². The van der Waals surface area contributed by atoms with Crippen LogP contribution in [0, 0.1) is 5.92 Å². The number of halogens is 1. The maximum atomic E-state index is 11.0. The topological polar surface area (TPSA) is 23.5 Å². The molecule has 0 saturated heterocycles. The predicted octanol–water partition coefficient (Wildman–Crippen LogP) is 3.37. The molecule has 19 heavy (non-hydrogen) atoms. The molecule has 2 unspecified atom stereocenters. The molecule has 1 saturated carbocycles. The lowest BCUT2D eigenvalue weighted by atomic mass is 9.72. The first-order chi connectivity index (χ1) is 8.99. The number of benzene rings is 1. The lowest BCUT2D eigenvalue weighted by molar-refractivity contribution is -0.0552. The van der Waals surface area contributed by atoms with Gasteiger partial charge in [-0.15, -0.1) is 0 Å². The van der Waals surface area contributed by atoms with Crippen LogP contribution in [-0.4, -0.2) is 36.2 Å². The van der Waals surface area contributed by atoms with Crippen molar-refractivity contribution in [1.29, 1.82) is 0 Å². The molecule has 0 radical (unpaired) electrons. The van der Waals surface area contributed by atoms with Gasteiger partial charge in [-0.2, -0.15) is 0 Å². The van der Waals surface area contributed by atoms with Crippen LogP contribution in [0.25, 0.3) is 0 Å². The molecular weight excluding hydrogens is 258 g/mol. The molecule has 2 nitrogen and oxygen atoms in total. The van der Waals surface area contributed by atoms with Gasteiger partial charge in [-0.3, -0.25) is 0 Å². The average Bonchev–Trinajstić information content (AvgIpc) is 2.35. The second-order valence-corrected chi connectivity index (χ2v) is 6.55. The van der Waals surface area contributed by atoms with Gasteiger partial charge in [0, 0.05) is 23.9 Å². The van der Waals surface area contributed by atoms with E-state index in [0.717, 1.165) is 37.3 Å². The van der Waals surface area contributed by atoms with Crippen molar-refractivity contribution >= 4 is 11.6 Å². The molecule has 0 aromatic heterocycles. The van der Waals surface area contributed by atoms with E-state index in [1.54, 1.807) is 0 Å². The van der Waals surface area contributed by atoms with Crippen LogP contribution in [0.5, 0.6) is 0 Å². The highest BCUT2D eigenvalue weighted by atomic mass is 35.5. The van der Waals surface area contributed by atoms with Crippen molar-refractivity contribution in [2.75, 3.05) is 20.6 Å². The van der Waals surface area contributed by atoms with Crippen molar-refractivity contribution in [3.05, 3.63) is 34.9 Å². The van der Waals surface area contributed by atoms with E-state index in [0.29, 0.717) is 5.92 Å². The molecule has 1 aromatic carbocycles. The fourth-order valence-electron chi connectivity index (χ4n) is 3.19.